The number of amides is 1. The third-order valence-electron chi connectivity index (χ3n) is 3.57. The van der Waals surface area contributed by atoms with Crippen LogP contribution in [0.3, 0.4) is 0 Å². The molecule has 9 heteroatoms. The molecule has 138 valence electrons. The number of aliphatic hydroxyl groups is 2. The summed E-state index contributed by atoms with van der Waals surface area (Å²) < 4.78 is 5.02. The smallest absolute Gasteiger partial charge is 0.407 e. The van der Waals surface area contributed by atoms with Crippen molar-refractivity contribution in [3.8, 4) is 0 Å². The zero-order valence-electron chi connectivity index (χ0n) is 13.8. The fourth-order valence-corrected chi connectivity index (χ4v) is 2.16. The van der Waals surface area contributed by atoms with Crippen LogP contribution in [0.4, 0.5) is 10.5 Å². The van der Waals surface area contributed by atoms with Crippen molar-refractivity contribution in [2.45, 2.75) is 25.2 Å². The summed E-state index contributed by atoms with van der Waals surface area (Å²) in [5.41, 5.74) is 0.595. The monoisotopic (exact) mass is 361 g/mol. The largest absolute Gasteiger partial charge is 0.445 e. The van der Waals surface area contributed by atoms with Crippen LogP contribution in [0.25, 0.3) is 0 Å². The number of benzene rings is 1. The number of nitro groups is 1. The van der Waals surface area contributed by atoms with E-state index in [1.807, 2.05) is 30.3 Å². The number of nitrogens with one attached hydrogen (secondary N) is 1. The van der Waals surface area contributed by atoms with Crippen LogP contribution in [0.15, 0.2) is 48.7 Å². The Morgan fingerprint density at radius 2 is 2.00 bits per heavy atom. The van der Waals surface area contributed by atoms with Crippen molar-refractivity contribution in [2.75, 3.05) is 6.54 Å². The van der Waals surface area contributed by atoms with Crippen molar-refractivity contribution >= 4 is 11.8 Å². The van der Waals surface area contributed by atoms with Gasteiger partial charge < -0.3 is 20.3 Å². The van der Waals surface area contributed by atoms with Crippen molar-refractivity contribution in [3.05, 3.63) is 70.0 Å². The lowest BCUT2D eigenvalue weighted by molar-refractivity contribution is -0.385. The predicted molar refractivity (Wildman–Crippen MR) is 91.1 cm³/mol. The van der Waals surface area contributed by atoms with Crippen molar-refractivity contribution in [3.63, 3.8) is 0 Å². The Balaban J connectivity index is 1.75. The average molecular weight is 361 g/mol. The highest BCUT2D eigenvalue weighted by molar-refractivity contribution is 5.67. The number of rotatable bonds is 8. The summed E-state index contributed by atoms with van der Waals surface area (Å²) in [5.74, 6) is 0. The fraction of sp³-hybridized carbons (Fsp3) is 0.294. The van der Waals surface area contributed by atoms with E-state index in [1.165, 1.54) is 12.3 Å². The quantitative estimate of drug-likeness (QED) is 0.481. The molecule has 0 radical (unpaired) electrons. The first kappa shape index (κ1) is 19.3. The topological polar surface area (TPSA) is 135 Å². The van der Waals surface area contributed by atoms with E-state index in [-0.39, 0.29) is 31.0 Å². The van der Waals surface area contributed by atoms with Crippen LogP contribution in [0.2, 0.25) is 0 Å². The Hall–Kier alpha value is -3.04. The van der Waals surface area contributed by atoms with E-state index in [9.17, 15) is 25.1 Å². The number of alkyl carbamates (subject to hydrolysis) is 1. The number of aromatic nitrogens is 1. The zero-order chi connectivity index (χ0) is 18.9. The molecule has 0 fully saturated rings. The van der Waals surface area contributed by atoms with Crippen molar-refractivity contribution in [1.29, 1.82) is 0 Å². The lowest BCUT2D eigenvalue weighted by Crippen LogP contribution is -2.30. The summed E-state index contributed by atoms with van der Waals surface area (Å²) in [5, 5.41) is 33.2. The Morgan fingerprint density at radius 3 is 2.69 bits per heavy atom. The second-order valence-electron chi connectivity index (χ2n) is 5.49. The SMILES string of the molecule is O=C(NCCC(O)C(O)c1cc([N+](=O)[O-])ccn1)OCc1ccccc1. The molecule has 1 aromatic heterocycles. The lowest BCUT2D eigenvalue weighted by atomic mass is 10.1. The van der Waals surface area contributed by atoms with Gasteiger partial charge in [-0.1, -0.05) is 30.3 Å². The van der Waals surface area contributed by atoms with Gasteiger partial charge in [0.25, 0.3) is 5.69 Å². The van der Waals surface area contributed by atoms with E-state index >= 15 is 0 Å². The highest BCUT2D eigenvalue weighted by atomic mass is 16.6. The zero-order valence-corrected chi connectivity index (χ0v) is 13.8. The maximum atomic E-state index is 11.6. The summed E-state index contributed by atoms with van der Waals surface area (Å²) >= 11 is 0. The number of aliphatic hydroxyl groups excluding tert-OH is 2. The molecule has 2 atom stereocenters. The standard InChI is InChI=1S/C17H19N3O6/c21-15(16(22)14-10-13(20(24)25)6-8-18-14)7-9-19-17(23)26-11-12-4-2-1-3-5-12/h1-6,8,10,15-16,21-22H,7,9,11H2,(H,19,23). The average Bonchev–Trinajstić information content (AvgIpc) is 2.66. The molecule has 3 N–H and O–H groups in total. The Morgan fingerprint density at radius 1 is 1.27 bits per heavy atom. The van der Waals surface area contributed by atoms with Gasteiger partial charge in [-0.2, -0.15) is 0 Å². The van der Waals surface area contributed by atoms with E-state index in [1.54, 1.807) is 0 Å². The maximum absolute atomic E-state index is 11.6. The second kappa shape index (κ2) is 9.44. The van der Waals surface area contributed by atoms with Crippen molar-refractivity contribution in [1.82, 2.24) is 10.3 Å². The van der Waals surface area contributed by atoms with E-state index < -0.39 is 23.2 Å². The molecule has 2 unspecified atom stereocenters. The molecule has 1 aromatic carbocycles. The normalized spacial score (nSPS) is 12.8. The van der Waals surface area contributed by atoms with Gasteiger partial charge in [0, 0.05) is 24.9 Å². The molecule has 1 heterocycles. The van der Waals surface area contributed by atoms with E-state index in [4.69, 9.17) is 4.74 Å². The predicted octanol–water partition coefficient (Wildman–Crippen LogP) is 1.70. The minimum Gasteiger partial charge on any atom is -0.445 e. The molecule has 9 nitrogen and oxygen atoms in total. The van der Waals surface area contributed by atoms with Gasteiger partial charge >= 0.3 is 6.09 Å². The second-order valence-corrected chi connectivity index (χ2v) is 5.49. The minimum atomic E-state index is -1.41. The fourth-order valence-electron chi connectivity index (χ4n) is 2.16. The van der Waals surface area contributed by atoms with Crippen LogP contribution in [0, 0.1) is 10.1 Å². The summed E-state index contributed by atoms with van der Waals surface area (Å²) in [4.78, 5) is 25.5. The molecular formula is C17H19N3O6. The van der Waals surface area contributed by atoms with Gasteiger partial charge in [-0.3, -0.25) is 15.1 Å². The Bertz CT molecular complexity index is 740. The van der Waals surface area contributed by atoms with Crippen LogP contribution in [-0.2, 0) is 11.3 Å². The molecule has 1 amide bonds. The molecule has 0 aliphatic carbocycles. The van der Waals surface area contributed by atoms with Gasteiger partial charge in [0.2, 0.25) is 0 Å². The number of carbonyl (C=O) groups excluding carboxylic acids is 1. The van der Waals surface area contributed by atoms with Crippen LogP contribution >= 0.6 is 0 Å². The first-order chi connectivity index (χ1) is 12.5. The van der Waals surface area contributed by atoms with Gasteiger partial charge in [0.15, 0.2) is 0 Å². The van der Waals surface area contributed by atoms with E-state index in [0.717, 1.165) is 11.6 Å². The van der Waals surface area contributed by atoms with Gasteiger partial charge in [-0.15, -0.1) is 0 Å². The van der Waals surface area contributed by atoms with Crippen molar-refractivity contribution in [2.24, 2.45) is 0 Å². The first-order valence-electron chi connectivity index (χ1n) is 7.88. The van der Waals surface area contributed by atoms with Crippen LogP contribution < -0.4 is 5.32 Å². The van der Waals surface area contributed by atoms with Gasteiger partial charge in [0.1, 0.15) is 12.7 Å². The molecule has 2 rings (SSSR count). The third-order valence-corrected chi connectivity index (χ3v) is 3.57. The molecule has 0 spiro atoms. The summed E-state index contributed by atoms with van der Waals surface area (Å²) in [6, 6.07) is 11.4. The van der Waals surface area contributed by atoms with Gasteiger partial charge in [-0.05, 0) is 12.0 Å². The number of pyridine rings is 1. The number of hydrogen-bond acceptors (Lipinski definition) is 7. The summed E-state index contributed by atoms with van der Waals surface area (Å²) in [7, 11) is 0. The minimum absolute atomic E-state index is 0.0154. The third kappa shape index (κ3) is 5.80. The molecule has 0 aliphatic heterocycles. The van der Waals surface area contributed by atoms with Crippen LogP contribution in [-0.4, -0.2) is 38.9 Å². The lowest BCUT2D eigenvalue weighted by Gasteiger charge is -2.17. The number of nitrogens with zero attached hydrogens (tertiary/aromatic N) is 2. The highest BCUT2D eigenvalue weighted by Crippen LogP contribution is 2.20. The molecule has 26 heavy (non-hydrogen) atoms. The molecular weight excluding hydrogens is 342 g/mol. The molecule has 0 bridgehead atoms. The van der Waals surface area contributed by atoms with Crippen LogP contribution in [0.5, 0.6) is 0 Å². The molecule has 2 aromatic rings. The van der Waals surface area contributed by atoms with Crippen LogP contribution in [0.1, 0.15) is 23.8 Å². The van der Waals surface area contributed by atoms with E-state index in [2.05, 4.69) is 10.3 Å². The van der Waals surface area contributed by atoms with Gasteiger partial charge in [-0.25, -0.2) is 4.79 Å². The molecule has 0 aliphatic rings. The summed E-state index contributed by atoms with van der Waals surface area (Å²) in [6.07, 6.45) is -2.10. The number of carbonyl (C=O) groups is 1. The molecule has 0 saturated heterocycles. The highest BCUT2D eigenvalue weighted by Gasteiger charge is 2.21. The Labute approximate surface area is 149 Å². The number of ether oxygens (including phenoxy) is 1. The number of hydrogen-bond donors (Lipinski definition) is 3. The molecule has 0 saturated carbocycles. The first-order valence-corrected chi connectivity index (χ1v) is 7.88. The Kier molecular flexibility index (Phi) is 7.01. The van der Waals surface area contributed by atoms with Crippen molar-refractivity contribution < 1.29 is 24.7 Å². The van der Waals surface area contributed by atoms with Gasteiger partial charge in [0.05, 0.1) is 16.7 Å². The maximum Gasteiger partial charge on any atom is 0.407 e. The summed E-state index contributed by atoms with van der Waals surface area (Å²) in [6.45, 7) is 0.177. The van der Waals surface area contributed by atoms with E-state index in [0.29, 0.717) is 0 Å².